The molecule has 0 saturated heterocycles. The summed E-state index contributed by atoms with van der Waals surface area (Å²) in [5, 5.41) is 9.25. The predicted molar refractivity (Wildman–Crippen MR) is 48.4 cm³/mol. The Morgan fingerprint density at radius 1 is 1.54 bits per heavy atom. The number of methoxy groups -OCH3 is 1. The lowest BCUT2D eigenvalue weighted by molar-refractivity contribution is 0.0600. The van der Waals surface area contributed by atoms with Crippen LogP contribution < -0.4 is 0 Å². The van der Waals surface area contributed by atoms with Crippen molar-refractivity contribution in [1.82, 2.24) is 0 Å². The Balaban J connectivity index is 2.98. The Morgan fingerprint density at radius 3 is 2.77 bits per heavy atom. The third kappa shape index (κ3) is 2.29. The normalized spacial score (nSPS) is 12.2. The Labute approximate surface area is 77.0 Å². The molecule has 1 rings (SSSR count). The summed E-state index contributed by atoms with van der Waals surface area (Å²) in [5.41, 5.74) is 1.17. The summed E-state index contributed by atoms with van der Waals surface area (Å²) in [4.78, 5) is 11.1. The fraction of sp³-hybridized carbons (Fsp3) is 0.300. The van der Waals surface area contributed by atoms with Crippen molar-refractivity contribution < 1.29 is 14.6 Å². The van der Waals surface area contributed by atoms with Gasteiger partial charge >= 0.3 is 5.97 Å². The van der Waals surface area contributed by atoms with E-state index in [4.69, 9.17) is 0 Å². The van der Waals surface area contributed by atoms with Crippen molar-refractivity contribution in [3.05, 3.63) is 35.4 Å². The van der Waals surface area contributed by atoms with E-state index >= 15 is 0 Å². The van der Waals surface area contributed by atoms with E-state index in [9.17, 15) is 9.90 Å². The van der Waals surface area contributed by atoms with E-state index in [1.807, 2.05) is 0 Å². The first-order valence-corrected chi connectivity index (χ1v) is 4.01. The quantitative estimate of drug-likeness (QED) is 0.702. The molecule has 13 heavy (non-hydrogen) atoms. The van der Waals surface area contributed by atoms with Gasteiger partial charge in [-0.1, -0.05) is 12.1 Å². The second-order valence-electron chi connectivity index (χ2n) is 2.79. The van der Waals surface area contributed by atoms with Gasteiger partial charge in [-0.2, -0.15) is 0 Å². The van der Waals surface area contributed by atoms with Gasteiger partial charge in [-0.05, 0) is 24.6 Å². The van der Waals surface area contributed by atoms with E-state index in [0.717, 1.165) is 0 Å². The Bertz CT molecular complexity index is 305. The number of hydrogen-bond acceptors (Lipinski definition) is 3. The van der Waals surface area contributed by atoms with Gasteiger partial charge in [0.2, 0.25) is 0 Å². The molecule has 0 heterocycles. The molecule has 3 nitrogen and oxygen atoms in total. The monoisotopic (exact) mass is 180 g/mol. The van der Waals surface area contributed by atoms with E-state index in [-0.39, 0.29) is 5.97 Å². The molecule has 0 bridgehead atoms. The molecule has 0 fully saturated rings. The third-order valence-corrected chi connectivity index (χ3v) is 1.79. The maximum absolute atomic E-state index is 11.1. The molecule has 1 aromatic carbocycles. The van der Waals surface area contributed by atoms with Crippen molar-refractivity contribution in [1.29, 1.82) is 0 Å². The number of ether oxygens (including phenoxy) is 1. The first kappa shape index (κ1) is 9.74. The lowest BCUT2D eigenvalue weighted by Gasteiger charge is -2.05. The molecule has 70 valence electrons. The number of aliphatic hydroxyl groups is 1. The first-order valence-electron chi connectivity index (χ1n) is 4.01. The molecule has 0 aromatic heterocycles. The Morgan fingerprint density at radius 2 is 2.23 bits per heavy atom. The van der Waals surface area contributed by atoms with Gasteiger partial charge in [0.05, 0.1) is 18.8 Å². The lowest BCUT2D eigenvalue weighted by atomic mass is 10.1. The summed E-state index contributed by atoms with van der Waals surface area (Å²) in [7, 11) is 1.33. The van der Waals surface area contributed by atoms with Crippen molar-refractivity contribution in [2.75, 3.05) is 7.11 Å². The molecule has 0 aliphatic carbocycles. The molecule has 3 heteroatoms. The van der Waals surface area contributed by atoms with Crippen LogP contribution in [-0.2, 0) is 4.74 Å². The van der Waals surface area contributed by atoms with Crippen molar-refractivity contribution in [2.24, 2.45) is 0 Å². The predicted octanol–water partition coefficient (Wildman–Crippen LogP) is 1.53. The smallest absolute Gasteiger partial charge is 0.337 e. The van der Waals surface area contributed by atoms with Crippen LogP contribution in [0.2, 0.25) is 0 Å². The summed E-state index contributed by atoms with van der Waals surface area (Å²) >= 11 is 0. The number of aliphatic hydroxyl groups excluding tert-OH is 1. The van der Waals surface area contributed by atoms with Gasteiger partial charge in [0.1, 0.15) is 0 Å². The van der Waals surface area contributed by atoms with Crippen molar-refractivity contribution >= 4 is 5.97 Å². The standard InChI is InChI=1S/C10H12O3/c1-7(11)8-4-3-5-9(6-8)10(12)13-2/h3-7,11H,1-2H3/t7-/m1/s1. The van der Waals surface area contributed by atoms with E-state index in [2.05, 4.69) is 4.74 Å². The summed E-state index contributed by atoms with van der Waals surface area (Å²) < 4.78 is 4.55. The average molecular weight is 180 g/mol. The lowest BCUT2D eigenvalue weighted by Crippen LogP contribution is -2.02. The third-order valence-electron chi connectivity index (χ3n) is 1.79. The molecule has 0 unspecified atom stereocenters. The fourth-order valence-electron chi connectivity index (χ4n) is 1.04. The number of carbonyl (C=O) groups is 1. The number of carbonyl (C=O) groups excluding carboxylic acids is 1. The molecule has 1 aromatic rings. The minimum Gasteiger partial charge on any atom is -0.465 e. The average Bonchev–Trinajstić information content (AvgIpc) is 2.17. The highest BCUT2D eigenvalue weighted by Crippen LogP contribution is 2.13. The first-order chi connectivity index (χ1) is 6.15. The topological polar surface area (TPSA) is 46.5 Å². The number of hydrogen-bond donors (Lipinski definition) is 1. The highest BCUT2D eigenvalue weighted by Gasteiger charge is 2.07. The zero-order chi connectivity index (χ0) is 9.84. The highest BCUT2D eigenvalue weighted by molar-refractivity contribution is 5.89. The summed E-state index contributed by atoms with van der Waals surface area (Å²) in [6.45, 7) is 1.65. The zero-order valence-electron chi connectivity index (χ0n) is 7.65. The van der Waals surface area contributed by atoms with Crippen LogP contribution in [0.5, 0.6) is 0 Å². The van der Waals surface area contributed by atoms with Gasteiger partial charge in [0, 0.05) is 0 Å². The van der Waals surface area contributed by atoms with E-state index in [1.165, 1.54) is 7.11 Å². The molecule has 1 N–H and O–H groups in total. The number of benzene rings is 1. The van der Waals surface area contributed by atoms with Gasteiger partial charge in [-0.25, -0.2) is 4.79 Å². The summed E-state index contributed by atoms with van der Waals surface area (Å²) in [5.74, 6) is -0.387. The van der Waals surface area contributed by atoms with Gasteiger partial charge in [0.15, 0.2) is 0 Å². The molecule has 0 aliphatic heterocycles. The van der Waals surface area contributed by atoms with Crippen LogP contribution in [0.4, 0.5) is 0 Å². The molecule has 0 saturated carbocycles. The van der Waals surface area contributed by atoms with Crippen LogP contribution in [0.15, 0.2) is 24.3 Å². The van der Waals surface area contributed by atoms with E-state index in [0.29, 0.717) is 11.1 Å². The van der Waals surface area contributed by atoms with Crippen LogP contribution in [0.1, 0.15) is 28.9 Å². The molecule has 1 atom stereocenters. The van der Waals surface area contributed by atoms with Gasteiger partial charge < -0.3 is 9.84 Å². The van der Waals surface area contributed by atoms with Gasteiger partial charge in [0.25, 0.3) is 0 Å². The summed E-state index contributed by atoms with van der Waals surface area (Å²) in [6, 6.07) is 6.75. The van der Waals surface area contributed by atoms with Crippen molar-refractivity contribution in [3.63, 3.8) is 0 Å². The SMILES string of the molecule is COC(=O)c1cccc([C@@H](C)O)c1. The number of esters is 1. The van der Waals surface area contributed by atoms with Gasteiger partial charge in [-0.3, -0.25) is 0 Å². The fourth-order valence-corrected chi connectivity index (χ4v) is 1.04. The molecular formula is C10H12O3. The van der Waals surface area contributed by atoms with Crippen LogP contribution in [0.25, 0.3) is 0 Å². The van der Waals surface area contributed by atoms with Gasteiger partial charge in [-0.15, -0.1) is 0 Å². The van der Waals surface area contributed by atoms with E-state index in [1.54, 1.807) is 31.2 Å². The second-order valence-corrected chi connectivity index (χ2v) is 2.79. The van der Waals surface area contributed by atoms with Crippen molar-refractivity contribution in [2.45, 2.75) is 13.0 Å². The van der Waals surface area contributed by atoms with Crippen LogP contribution in [0, 0.1) is 0 Å². The molecule has 0 radical (unpaired) electrons. The Hall–Kier alpha value is -1.35. The highest BCUT2D eigenvalue weighted by atomic mass is 16.5. The Kier molecular flexibility index (Phi) is 3.03. The molecular weight excluding hydrogens is 168 g/mol. The molecule has 0 amide bonds. The molecule has 0 aliphatic rings. The van der Waals surface area contributed by atoms with Crippen LogP contribution >= 0.6 is 0 Å². The largest absolute Gasteiger partial charge is 0.465 e. The number of rotatable bonds is 2. The summed E-state index contributed by atoms with van der Waals surface area (Å²) in [6.07, 6.45) is -0.565. The van der Waals surface area contributed by atoms with Crippen LogP contribution in [-0.4, -0.2) is 18.2 Å². The second kappa shape index (κ2) is 4.05. The maximum Gasteiger partial charge on any atom is 0.337 e. The maximum atomic E-state index is 11.1. The molecule has 0 spiro atoms. The zero-order valence-corrected chi connectivity index (χ0v) is 7.65. The van der Waals surface area contributed by atoms with E-state index < -0.39 is 6.10 Å². The van der Waals surface area contributed by atoms with Crippen LogP contribution in [0.3, 0.4) is 0 Å². The van der Waals surface area contributed by atoms with Crippen molar-refractivity contribution in [3.8, 4) is 0 Å². The minimum absolute atomic E-state index is 0.387. The minimum atomic E-state index is -0.565.